The van der Waals surface area contributed by atoms with E-state index in [0.717, 1.165) is 18.7 Å². The largest absolute Gasteiger partial charge is 0.468 e. The molecule has 4 heteroatoms. The summed E-state index contributed by atoms with van der Waals surface area (Å²) in [5.41, 5.74) is 2.87. The molecule has 0 aliphatic carbocycles. The number of hydrogen-bond donors (Lipinski definition) is 1. The third-order valence-electron chi connectivity index (χ3n) is 3.72. The fourth-order valence-electron chi connectivity index (χ4n) is 2.61. The predicted octanol–water partition coefficient (Wildman–Crippen LogP) is 2.67. The van der Waals surface area contributed by atoms with Crippen LogP contribution in [0, 0.1) is 13.8 Å². The van der Waals surface area contributed by atoms with Gasteiger partial charge in [-0.2, -0.15) is 0 Å². The second-order valence-electron chi connectivity index (χ2n) is 5.90. The van der Waals surface area contributed by atoms with Crippen LogP contribution in [0.2, 0.25) is 0 Å². The number of carbonyl (C=O) groups is 1. The molecule has 1 atom stereocenters. The van der Waals surface area contributed by atoms with Crippen molar-refractivity contribution in [1.82, 2.24) is 5.32 Å². The minimum absolute atomic E-state index is 0.229. The van der Waals surface area contributed by atoms with Crippen molar-refractivity contribution >= 4 is 11.7 Å². The van der Waals surface area contributed by atoms with E-state index in [1.807, 2.05) is 14.0 Å². The second kappa shape index (κ2) is 7.46. The molecule has 1 aromatic rings. The summed E-state index contributed by atoms with van der Waals surface area (Å²) < 4.78 is 4.97. The molecule has 0 fully saturated rings. The van der Waals surface area contributed by atoms with Crippen LogP contribution in [0.1, 0.15) is 31.4 Å². The normalized spacial score (nSPS) is 13.6. The van der Waals surface area contributed by atoms with Gasteiger partial charge in [0.1, 0.15) is 5.54 Å². The molecule has 4 nitrogen and oxygen atoms in total. The van der Waals surface area contributed by atoms with E-state index in [9.17, 15) is 4.79 Å². The van der Waals surface area contributed by atoms with Crippen LogP contribution < -0.4 is 10.2 Å². The van der Waals surface area contributed by atoms with Crippen LogP contribution in [0.4, 0.5) is 5.69 Å². The van der Waals surface area contributed by atoms with Gasteiger partial charge in [0.2, 0.25) is 0 Å². The zero-order chi connectivity index (χ0) is 16.0. The number of benzene rings is 1. The number of carbonyl (C=O) groups excluding carboxylic acids is 1. The minimum Gasteiger partial charge on any atom is -0.468 e. The Morgan fingerprint density at radius 1 is 1.38 bits per heavy atom. The van der Waals surface area contributed by atoms with Crippen molar-refractivity contribution in [3.63, 3.8) is 0 Å². The van der Waals surface area contributed by atoms with Gasteiger partial charge in [-0.05, 0) is 45.4 Å². The zero-order valence-electron chi connectivity index (χ0n) is 14.1. The zero-order valence-corrected chi connectivity index (χ0v) is 14.1. The number of ether oxygens (including phenoxy) is 1. The number of aryl methyl sites for hydroxylation is 2. The van der Waals surface area contributed by atoms with E-state index in [-0.39, 0.29) is 5.97 Å². The second-order valence-corrected chi connectivity index (χ2v) is 5.90. The summed E-state index contributed by atoms with van der Waals surface area (Å²) in [6, 6.07) is 6.34. The number of likely N-dealkylation sites (N-methyl/N-ethyl adjacent to an activating group) is 1. The summed E-state index contributed by atoms with van der Waals surface area (Å²) >= 11 is 0. The fraction of sp³-hybridized carbons (Fsp3) is 0.588. The molecule has 0 saturated heterocycles. The molecule has 0 aromatic heterocycles. The highest BCUT2D eigenvalue weighted by Gasteiger charge is 2.35. The summed E-state index contributed by atoms with van der Waals surface area (Å²) in [5.74, 6) is -0.229. The molecule has 1 aromatic carbocycles. The fourth-order valence-corrected chi connectivity index (χ4v) is 2.61. The molecule has 1 unspecified atom stereocenters. The maximum Gasteiger partial charge on any atom is 0.327 e. The highest BCUT2D eigenvalue weighted by molar-refractivity contribution is 5.81. The average Bonchev–Trinajstić information content (AvgIpc) is 2.43. The summed E-state index contributed by atoms with van der Waals surface area (Å²) in [6.07, 6.45) is 0.972. The minimum atomic E-state index is -0.711. The van der Waals surface area contributed by atoms with Gasteiger partial charge in [0.15, 0.2) is 0 Å². The van der Waals surface area contributed by atoms with Crippen LogP contribution in [0.3, 0.4) is 0 Å². The van der Waals surface area contributed by atoms with Crippen molar-refractivity contribution in [2.45, 2.75) is 39.7 Å². The number of hydrogen-bond acceptors (Lipinski definition) is 4. The molecule has 21 heavy (non-hydrogen) atoms. The highest BCUT2D eigenvalue weighted by Crippen LogP contribution is 2.22. The number of anilines is 1. The smallest absolute Gasteiger partial charge is 0.327 e. The Hall–Kier alpha value is -1.55. The lowest BCUT2D eigenvalue weighted by molar-refractivity contribution is -0.147. The molecule has 0 saturated carbocycles. The summed E-state index contributed by atoms with van der Waals surface area (Å²) in [7, 11) is 3.44. The molecular formula is C17H28N2O2. The number of methoxy groups -OCH3 is 1. The van der Waals surface area contributed by atoms with E-state index >= 15 is 0 Å². The molecule has 1 N–H and O–H groups in total. The first-order chi connectivity index (χ1) is 9.84. The molecular weight excluding hydrogens is 264 g/mol. The number of rotatable bonds is 7. The van der Waals surface area contributed by atoms with Gasteiger partial charge in [0, 0.05) is 19.3 Å². The quantitative estimate of drug-likeness (QED) is 0.785. The van der Waals surface area contributed by atoms with Gasteiger partial charge in [0.05, 0.1) is 7.11 Å². The average molecular weight is 292 g/mol. The van der Waals surface area contributed by atoms with E-state index in [2.05, 4.69) is 49.2 Å². The van der Waals surface area contributed by atoms with Crippen LogP contribution in [0.5, 0.6) is 0 Å². The monoisotopic (exact) mass is 292 g/mol. The Balaban J connectivity index is 2.94. The lowest BCUT2D eigenvalue weighted by Gasteiger charge is -2.34. The van der Waals surface area contributed by atoms with Crippen molar-refractivity contribution in [3.05, 3.63) is 29.3 Å². The van der Waals surface area contributed by atoms with Crippen molar-refractivity contribution in [3.8, 4) is 0 Å². The third kappa shape index (κ3) is 4.46. The summed E-state index contributed by atoms with van der Waals surface area (Å²) in [4.78, 5) is 14.2. The van der Waals surface area contributed by atoms with Crippen molar-refractivity contribution in [2.75, 3.05) is 32.1 Å². The van der Waals surface area contributed by atoms with Gasteiger partial charge < -0.3 is 15.0 Å². The predicted molar refractivity (Wildman–Crippen MR) is 87.9 cm³/mol. The summed E-state index contributed by atoms with van der Waals surface area (Å²) in [5, 5.41) is 3.31. The number of nitrogens with one attached hydrogen (secondary N) is 1. The Kier molecular flexibility index (Phi) is 6.21. The van der Waals surface area contributed by atoms with Crippen LogP contribution in [-0.4, -0.2) is 38.8 Å². The van der Waals surface area contributed by atoms with E-state index in [0.29, 0.717) is 6.54 Å². The molecule has 0 aliphatic rings. The van der Waals surface area contributed by atoms with Crippen LogP contribution >= 0.6 is 0 Å². The van der Waals surface area contributed by atoms with Crippen LogP contribution in [0.15, 0.2) is 18.2 Å². The maximum atomic E-state index is 12.1. The topological polar surface area (TPSA) is 41.6 Å². The van der Waals surface area contributed by atoms with E-state index in [4.69, 9.17) is 4.74 Å². The lowest BCUT2D eigenvalue weighted by atomic mass is 10.0. The first-order valence-corrected chi connectivity index (χ1v) is 7.46. The highest BCUT2D eigenvalue weighted by atomic mass is 16.5. The van der Waals surface area contributed by atoms with Gasteiger partial charge in [-0.1, -0.05) is 24.6 Å². The maximum absolute atomic E-state index is 12.1. The lowest BCUT2D eigenvalue weighted by Crippen LogP contribution is -2.57. The van der Waals surface area contributed by atoms with Crippen molar-refractivity contribution in [2.24, 2.45) is 0 Å². The van der Waals surface area contributed by atoms with E-state index in [1.165, 1.54) is 18.2 Å². The summed E-state index contributed by atoms with van der Waals surface area (Å²) in [6.45, 7) is 9.49. The van der Waals surface area contributed by atoms with Gasteiger partial charge in [-0.15, -0.1) is 0 Å². The molecule has 0 spiro atoms. The van der Waals surface area contributed by atoms with Crippen molar-refractivity contribution in [1.29, 1.82) is 0 Å². The first kappa shape index (κ1) is 17.5. The van der Waals surface area contributed by atoms with Crippen LogP contribution in [0.25, 0.3) is 0 Å². The Bertz CT molecular complexity index is 488. The molecule has 118 valence electrons. The van der Waals surface area contributed by atoms with Gasteiger partial charge in [-0.3, -0.25) is 0 Å². The molecule has 0 bridgehead atoms. The molecule has 1 rings (SSSR count). The molecule has 0 heterocycles. The molecule has 0 amide bonds. The third-order valence-corrected chi connectivity index (χ3v) is 3.72. The Morgan fingerprint density at radius 2 is 2.05 bits per heavy atom. The van der Waals surface area contributed by atoms with Gasteiger partial charge >= 0.3 is 5.97 Å². The standard InChI is InChI=1S/C17H28N2O2/c1-7-10-18-17(4,16(20)21-6)12-19(5)15-9-8-13(2)11-14(15)3/h8-9,11,18H,7,10,12H2,1-6H3. The van der Waals surface area contributed by atoms with Crippen molar-refractivity contribution < 1.29 is 9.53 Å². The SMILES string of the molecule is CCCNC(C)(CN(C)c1ccc(C)cc1C)C(=O)OC. The Morgan fingerprint density at radius 3 is 2.57 bits per heavy atom. The van der Waals surface area contributed by atoms with Crippen LogP contribution in [-0.2, 0) is 9.53 Å². The first-order valence-electron chi connectivity index (χ1n) is 7.46. The molecule has 0 aliphatic heterocycles. The Labute approximate surface area is 128 Å². The number of esters is 1. The van der Waals surface area contributed by atoms with Gasteiger partial charge in [0.25, 0.3) is 0 Å². The molecule has 0 radical (unpaired) electrons. The van der Waals surface area contributed by atoms with Gasteiger partial charge in [-0.25, -0.2) is 4.79 Å². The number of nitrogens with zero attached hydrogens (tertiary/aromatic N) is 1. The van der Waals surface area contributed by atoms with E-state index in [1.54, 1.807) is 0 Å². The van der Waals surface area contributed by atoms with E-state index < -0.39 is 5.54 Å².